The number of pyridine rings is 1. The Labute approximate surface area is 106 Å². The second-order valence-corrected chi connectivity index (χ2v) is 4.72. The first-order valence-electron chi connectivity index (χ1n) is 6.15. The zero-order chi connectivity index (χ0) is 12.5. The molecule has 2 heterocycles. The molecule has 3 nitrogen and oxygen atoms in total. The summed E-state index contributed by atoms with van der Waals surface area (Å²) in [4.78, 5) is 4.38. The lowest BCUT2D eigenvalue weighted by molar-refractivity contribution is 0.858. The molecule has 0 atom stereocenters. The molecule has 0 aliphatic rings. The van der Waals surface area contributed by atoms with Gasteiger partial charge in [-0.3, -0.25) is 0 Å². The van der Waals surface area contributed by atoms with Gasteiger partial charge in [-0.2, -0.15) is 5.10 Å². The van der Waals surface area contributed by atoms with E-state index >= 15 is 0 Å². The first kappa shape index (κ1) is 11.0. The molecule has 3 rings (SSSR count). The van der Waals surface area contributed by atoms with Gasteiger partial charge >= 0.3 is 0 Å². The van der Waals surface area contributed by atoms with Crippen molar-refractivity contribution in [2.75, 3.05) is 0 Å². The van der Waals surface area contributed by atoms with Crippen molar-refractivity contribution in [1.82, 2.24) is 14.8 Å². The number of hydrogen-bond acceptors (Lipinski definition) is 2. The summed E-state index contributed by atoms with van der Waals surface area (Å²) >= 11 is 0. The van der Waals surface area contributed by atoms with E-state index in [1.165, 1.54) is 5.56 Å². The summed E-state index contributed by atoms with van der Waals surface area (Å²) in [5.74, 6) is 0.548. The Morgan fingerprint density at radius 2 is 1.83 bits per heavy atom. The average molecular weight is 237 g/mol. The van der Waals surface area contributed by atoms with Crippen LogP contribution in [0.15, 0.2) is 48.8 Å². The summed E-state index contributed by atoms with van der Waals surface area (Å²) in [7, 11) is 0. The molecular weight excluding hydrogens is 222 g/mol. The molecule has 0 N–H and O–H groups in total. The summed E-state index contributed by atoms with van der Waals surface area (Å²) < 4.78 is 1.87. The van der Waals surface area contributed by atoms with Gasteiger partial charge in [0, 0.05) is 11.6 Å². The van der Waals surface area contributed by atoms with Gasteiger partial charge in [-0.1, -0.05) is 26.0 Å². The number of fused-ring (bicyclic) bond motifs is 1. The number of hydrogen-bond donors (Lipinski definition) is 0. The maximum Gasteiger partial charge on any atom is 0.162 e. The lowest BCUT2D eigenvalue weighted by Crippen LogP contribution is -1.98. The molecule has 3 heteroatoms. The Bertz CT molecular complexity index is 666. The molecule has 0 radical (unpaired) electrons. The first-order chi connectivity index (χ1) is 8.75. The highest BCUT2D eigenvalue weighted by Crippen LogP contribution is 2.19. The molecule has 18 heavy (non-hydrogen) atoms. The highest BCUT2D eigenvalue weighted by Gasteiger charge is 2.05. The van der Waals surface area contributed by atoms with Crippen molar-refractivity contribution >= 4 is 11.0 Å². The second-order valence-electron chi connectivity index (χ2n) is 4.72. The molecule has 0 unspecified atom stereocenters. The first-order valence-corrected chi connectivity index (χ1v) is 6.15. The molecule has 0 amide bonds. The Balaban J connectivity index is 2.09. The van der Waals surface area contributed by atoms with Crippen molar-refractivity contribution in [3.05, 3.63) is 54.4 Å². The van der Waals surface area contributed by atoms with E-state index in [2.05, 4.69) is 48.2 Å². The molecule has 3 aromatic rings. The van der Waals surface area contributed by atoms with Crippen LogP contribution in [-0.4, -0.2) is 14.8 Å². The molecule has 0 spiro atoms. The number of aromatic nitrogens is 3. The Morgan fingerprint density at radius 1 is 1.06 bits per heavy atom. The lowest BCUT2D eigenvalue weighted by atomic mass is 10.0. The molecule has 0 aliphatic heterocycles. The van der Waals surface area contributed by atoms with Crippen LogP contribution in [0.4, 0.5) is 0 Å². The van der Waals surface area contributed by atoms with E-state index in [-0.39, 0.29) is 0 Å². The smallest absolute Gasteiger partial charge is 0.162 e. The molecule has 0 saturated carbocycles. The van der Waals surface area contributed by atoms with Gasteiger partial charge in [0.2, 0.25) is 0 Å². The maximum atomic E-state index is 4.39. The van der Waals surface area contributed by atoms with E-state index in [1.807, 2.05) is 23.0 Å². The minimum absolute atomic E-state index is 0.548. The Hall–Kier alpha value is -2.16. The summed E-state index contributed by atoms with van der Waals surface area (Å²) in [6, 6.07) is 12.4. The zero-order valence-electron chi connectivity index (χ0n) is 10.5. The van der Waals surface area contributed by atoms with Gasteiger partial charge in [0.15, 0.2) is 5.65 Å². The van der Waals surface area contributed by atoms with Crippen LogP contribution in [0.25, 0.3) is 16.7 Å². The van der Waals surface area contributed by atoms with E-state index in [0.29, 0.717) is 5.92 Å². The van der Waals surface area contributed by atoms with Gasteiger partial charge < -0.3 is 0 Å². The SMILES string of the molecule is CC(C)c1ccc(-n2ncc3cccnc32)cc1. The van der Waals surface area contributed by atoms with Gasteiger partial charge in [0.05, 0.1) is 11.9 Å². The third kappa shape index (κ3) is 1.78. The molecule has 0 bridgehead atoms. The van der Waals surface area contributed by atoms with Crippen molar-refractivity contribution in [2.24, 2.45) is 0 Å². The number of benzene rings is 1. The highest BCUT2D eigenvalue weighted by molar-refractivity contribution is 5.75. The van der Waals surface area contributed by atoms with Crippen LogP contribution in [0.1, 0.15) is 25.3 Å². The normalized spacial score (nSPS) is 11.3. The summed E-state index contributed by atoms with van der Waals surface area (Å²) in [6.07, 6.45) is 3.64. The van der Waals surface area contributed by atoms with Crippen molar-refractivity contribution in [3.8, 4) is 5.69 Å². The minimum Gasteiger partial charge on any atom is -0.237 e. The van der Waals surface area contributed by atoms with E-state index < -0.39 is 0 Å². The third-order valence-corrected chi connectivity index (χ3v) is 3.13. The molecule has 0 aliphatic carbocycles. The van der Waals surface area contributed by atoms with Gasteiger partial charge in [-0.25, -0.2) is 9.67 Å². The fraction of sp³-hybridized carbons (Fsp3) is 0.200. The van der Waals surface area contributed by atoms with Crippen LogP contribution in [0.2, 0.25) is 0 Å². The fourth-order valence-electron chi connectivity index (χ4n) is 2.05. The second kappa shape index (κ2) is 4.26. The monoisotopic (exact) mass is 237 g/mol. The van der Waals surface area contributed by atoms with Crippen LogP contribution in [0, 0.1) is 0 Å². The van der Waals surface area contributed by atoms with Gasteiger partial charge in [0.25, 0.3) is 0 Å². The molecule has 0 saturated heterocycles. The predicted molar refractivity (Wildman–Crippen MR) is 73.0 cm³/mol. The largest absolute Gasteiger partial charge is 0.237 e. The molecular formula is C15H15N3. The van der Waals surface area contributed by atoms with Crippen LogP contribution >= 0.6 is 0 Å². The summed E-state index contributed by atoms with van der Waals surface area (Å²) in [6.45, 7) is 4.39. The van der Waals surface area contributed by atoms with Gasteiger partial charge in [0.1, 0.15) is 0 Å². The van der Waals surface area contributed by atoms with Gasteiger partial charge in [-0.15, -0.1) is 0 Å². The van der Waals surface area contributed by atoms with Crippen LogP contribution in [0.3, 0.4) is 0 Å². The van der Waals surface area contributed by atoms with E-state index in [4.69, 9.17) is 0 Å². The third-order valence-electron chi connectivity index (χ3n) is 3.13. The lowest BCUT2D eigenvalue weighted by Gasteiger charge is -2.07. The fourth-order valence-corrected chi connectivity index (χ4v) is 2.05. The van der Waals surface area contributed by atoms with Crippen molar-refractivity contribution in [1.29, 1.82) is 0 Å². The Morgan fingerprint density at radius 3 is 2.56 bits per heavy atom. The molecule has 1 aromatic carbocycles. The van der Waals surface area contributed by atoms with Crippen molar-refractivity contribution in [3.63, 3.8) is 0 Å². The number of nitrogens with zero attached hydrogens (tertiary/aromatic N) is 3. The average Bonchev–Trinajstić information content (AvgIpc) is 2.82. The Kier molecular flexibility index (Phi) is 2.59. The summed E-state index contributed by atoms with van der Waals surface area (Å²) in [5, 5.41) is 5.45. The minimum atomic E-state index is 0.548. The van der Waals surface area contributed by atoms with Crippen molar-refractivity contribution < 1.29 is 0 Å². The van der Waals surface area contributed by atoms with Crippen LogP contribution in [-0.2, 0) is 0 Å². The number of rotatable bonds is 2. The van der Waals surface area contributed by atoms with E-state index in [9.17, 15) is 0 Å². The maximum absolute atomic E-state index is 4.39. The highest BCUT2D eigenvalue weighted by atomic mass is 15.3. The zero-order valence-corrected chi connectivity index (χ0v) is 10.5. The standard InChI is InChI=1S/C15H15N3/c1-11(2)12-5-7-14(8-6-12)18-15-13(10-17-18)4-3-9-16-15/h3-11H,1-2H3. The molecule has 90 valence electrons. The topological polar surface area (TPSA) is 30.7 Å². The predicted octanol–water partition coefficient (Wildman–Crippen LogP) is 3.54. The van der Waals surface area contributed by atoms with Crippen LogP contribution < -0.4 is 0 Å². The molecule has 0 fully saturated rings. The molecule has 2 aromatic heterocycles. The quantitative estimate of drug-likeness (QED) is 0.682. The van der Waals surface area contributed by atoms with Crippen LogP contribution in [0.5, 0.6) is 0 Å². The van der Waals surface area contributed by atoms with Gasteiger partial charge in [-0.05, 0) is 35.7 Å². The summed E-state index contributed by atoms with van der Waals surface area (Å²) in [5.41, 5.74) is 3.28. The van der Waals surface area contributed by atoms with E-state index in [1.54, 1.807) is 6.20 Å². The van der Waals surface area contributed by atoms with E-state index in [0.717, 1.165) is 16.7 Å². The van der Waals surface area contributed by atoms with Crippen molar-refractivity contribution in [2.45, 2.75) is 19.8 Å².